The number of hydrogen-bond acceptors (Lipinski definition) is 24. The summed E-state index contributed by atoms with van der Waals surface area (Å²) in [4.78, 5) is 186. The van der Waals surface area contributed by atoms with Crippen LogP contribution in [0.3, 0.4) is 0 Å². The summed E-state index contributed by atoms with van der Waals surface area (Å²) in [7, 11) is 3.08. The van der Waals surface area contributed by atoms with Crippen molar-refractivity contribution in [2.75, 3.05) is 46.9 Å². The summed E-state index contributed by atoms with van der Waals surface area (Å²) in [5, 5.41) is 12.4. The Labute approximate surface area is 695 Å². The van der Waals surface area contributed by atoms with E-state index in [0.29, 0.717) is 81.2 Å². The number of rotatable bonds is 31. The van der Waals surface area contributed by atoms with Gasteiger partial charge >= 0.3 is 0 Å². The van der Waals surface area contributed by atoms with Gasteiger partial charge in [0, 0.05) is 153 Å². The number of nitrogens with one attached hydrogen (secondary N) is 5. The average Bonchev–Trinajstić information content (AvgIpc) is 0.918. The minimum absolute atomic E-state index is 0.0359. The summed E-state index contributed by atoms with van der Waals surface area (Å²) in [5.74, 6) is -2.83. The van der Waals surface area contributed by atoms with Crippen molar-refractivity contribution in [3.05, 3.63) is 269 Å². The molecule has 0 aliphatic rings. The van der Waals surface area contributed by atoms with E-state index < -0.39 is 35.0 Å². The smallest absolute Gasteiger partial charge is 0.252 e. The third-order valence-corrected chi connectivity index (χ3v) is 20.1. The van der Waals surface area contributed by atoms with Gasteiger partial charge in [-0.2, -0.15) is 0 Å². The van der Waals surface area contributed by atoms with Crippen LogP contribution in [0.25, 0.3) is 0 Å². The van der Waals surface area contributed by atoms with Gasteiger partial charge in [0.2, 0.25) is 50.0 Å². The van der Waals surface area contributed by atoms with Crippen molar-refractivity contribution in [1.29, 1.82) is 0 Å². The summed E-state index contributed by atoms with van der Waals surface area (Å²) < 4.78 is 10.2. The second-order valence-electron chi connectivity index (χ2n) is 25.0. The third kappa shape index (κ3) is 35.7. The molecular weight excluding hydrogens is 1600 g/mol. The highest BCUT2D eigenvalue weighted by atomic mass is 32.2. The number of pyridine rings is 2. The molecule has 0 spiro atoms. The van der Waals surface area contributed by atoms with E-state index in [0.717, 1.165) is 63.7 Å². The highest BCUT2D eigenvalue weighted by Crippen LogP contribution is 2.32. The fraction of sp³-hybridized carbons (Fsp3) is 0.193. The standard InChI is InChI=1S/2C18H18N2O4S.2C16H15N3O3S.C15H20N2O3S/c1-24-13-6-4-5-12(11-13)18(23)25-15-8-3-2-7-14(15)17(22)20-10-9-16(19)21;1-24-13-8-6-12(7-9-13)18(23)25-15-5-3-2-4-14(15)17(22)20-11-10-16(19)21;17-14(20)6-8-19-15(21)11-3-1-5-13(9-11)23-16(22)12-4-2-7-18-10-12;17-14(20)7-9-19-15(21)12-5-1-2-6-13(12)23-16(22)11-4-3-8-18-10-11;1-15(2,3)14(20)21-11-6-4-5-10(9-11)13(19)17-8-7-12(16)18/h2-8,11H,9-10H2,1H3,(H2,19,21)(H,20,22);2-9H,10-11H2,1H3,(H2,19,21)(H,20,22);1-5,7,9-10H,6,8H2,(H2,17,20)(H,19,21);1-6,8,10H,7,9H2,(H2,17,20)(H,19,21);4-6,9H,7-8H2,1-3H3,(H2,16,18)(H,17,19). The Morgan fingerprint density at radius 2 is 0.632 bits per heavy atom. The van der Waals surface area contributed by atoms with Crippen LogP contribution in [0.1, 0.15) is 146 Å². The van der Waals surface area contributed by atoms with Gasteiger partial charge in [-0.3, -0.25) is 81.9 Å². The molecule has 0 aliphatic carbocycles. The van der Waals surface area contributed by atoms with Crippen LogP contribution in [0, 0.1) is 5.41 Å². The number of methoxy groups -OCH3 is 2. The van der Waals surface area contributed by atoms with Gasteiger partial charge in [0.15, 0.2) is 5.12 Å². The van der Waals surface area contributed by atoms with Gasteiger partial charge in [-0.25, -0.2) is 0 Å². The minimum atomic E-state index is -0.490. The minimum Gasteiger partial charge on any atom is -0.497 e. The number of nitrogens with zero attached hydrogens (tertiary/aromatic N) is 2. The molecule has 34 heteroatoms. The SMILES string of the molecule is CC(C)(C)C(=O)Sc1cccc(C(=O)NCCC(N)=O)c1.COc1ccc(C(=O)Sc2ccccc2C(=O)NCCC(N)=O)cc1.COc1cccc(C(=O)Sc2ccccc2C(=O)NCCC(N)=O)c1.NC(=O)CCNC(=O)c1cccc(SC(=O)c2cccnc2)c1.NC(=O)CCNC(=O)c1ccccc1SC(=O)c1cccnc1. The first-order chi connectivity index (χ1) is 55.8. The number of nitrogens with two attached hydrogens (primary N) is 5. The molecule has 610 valence electrons. The number of aromatic nitrogens is 2. The molecule has 15 N–H and O–H groups in total. The molecule has 0 fully saturated rings. The lowest BCUT2D eigenvalue weighted by molar-refractivity contribution is -0.118. The number of hydrogen-bond donors (Lipinski definition) is 10. The van der Waals surface area contributed by atoms with Crippen molar-refractivity contribution in [3.63, 3.8) is 0 Å². The molecule has 2 aromatic heterocycles. The largest absolute Gasteiger partial charge is 0.497 e. The fourth-order valence-corrected chi connectivity index (χ4v) is 13.2. The van der Waals surface area contributed by atoms with Gasteiger partial charge in [0.1, 0.15) is 11.5 Å². The van der Waals surface area contributed by atoms with Gasteiger partial charge in [-0.05, 0) is 181 Å². The van der Waals surface area contributed by atoms with E-state index in [1.165, 1.54) is 19.5 Å². The van der Waals surface area contributed by atoms with Crippen LogP contribution in [0.15, 0.2) is 243 Å². The van der Waals surface area contributed by atoms with Crippen LogP contribution >= 0.6 is 58.8 Å². The van der Waals surface area contributed by atoms with E-state index in [1.807, 2.05) is 20.8 Å². The highest BCUT2D eigenvalue weighted by Gasteiger charge is 2.24. The summed E-state index contributed by atoms with van der Waals surface area (Å²) in [6.07, 6.45) is 6.52. The van der Waals surface area contributed by atoms with E-state index in [9.17, 15) is 71.9 Å². The Kier molecular flexibility index (Phi) is 40.9. The molecule has 0 aliphatic heterocycles. The zero-order valence-corrected chi connectivity index (χ0v) is 68.2. The van der Waals surface area contributed by atoms with Crippen LogP contribution in [0.4, 0.5) is 0 Å². The van der Waals surface area contributed by atoms with Crippen molar-refractivity contribution < 1.29 is 81.4 Å². The second-order valence-corrected chi connectivity index (χ2v) is 30.2. The molecule has 0 saturated heterocycles. The van der Waals surface area contributed by atoms with Crippen molar-refractivity contribution in [2.24, 2.45) is 34.1 Å². The Bertz CT molecular complexity index is 4980. The van der Waals surface area contributed by atoms with Gasteiger partial charge in [0.05, 0.1) is 30.9 Å². The molecule has 2 heterocycles. The molecule has 0 atom stereocenters. The highest BCUT2D eigenvalue weighted by molar-refractivity contribution is 8.15. The summed E-state index contributed by atoms with van der Waals surface area (Å²) in [6, 6.07) is 54.2. The number of amides is 10. The fourth-order valence-electron chi connectivity index (χ4n) is 8.96. The maximum atomic E-state index is 12.5. The molecule has 7 aromatic carbocycles. The lowest BCUT2D eigenvalue weighted by atomic mass is 10.00. The van der Waals surface area contributed by atoms with Gasteiger partial charge in [-0.1, -0.05) is 93.2 Å². The number of benzene rings is 7. The van der Waals surface area contributed by atoms with E-state index in [1.54, 1.807) is 214 Å². The predicted octanol–water partition coefficient (Wildman–Crippen LogP) is 9.66. The Morgan fingerprint density at radius 1 is 0.316 bits per heavy atom. The lowest BCUT2D eigenvalue weighted by Crippen LogP contribution is -2.28. The van der Waals surface area contributed by atoms with Crippen LogP contribution < -0.4 is 64.7 Å². The topological polar surface area (TPSA) is 491 Å². The average molecular weight is 1680 g/mol. The Balaban J connectivity index is 0.000000261. The van der Waals surface area contributed by atoms with Crippen molar-refractivity contribution in [3.8, 4) is 11.5 Å². The van der Waals surface area contributed by atoms with Gasteiger partial charge in [0.25, 0.3) is 29.5 Å². The first-order valence-electron chi connectivity index (χ1n) is 35.3. The van der Waals surface area contributed by atoms with Gasteiger partial charge < -0.3 is 64.7 Å². The van der Waals surface area contributed by atoms with Gasteiger partial charge in [-0.15, -0.1) is 0 Å². The molecule has 29 nitrogen and oxygen atoms in total. The summed E-state index contributed by atoms with van der Waals surface area (Å²) in [5.41, 5.74) is 28.6. The van der Waals surface area contributed by atoms with E-state index >= 15 is 0 Å². The number of thioether (sulfide) groups is 5. The molecule has 0 unspecified atom stereocenters. The Hall–Kier alpha value is -12.8. The van der Waals surface area contributed by atoms with Crippen LogP contribution in [0.5, 0.6) is 11.5 Å². The molecule has 10 amide bonds. The number of carbonyl (C=O) groups is 15. The number of carbonyl (C=O) groups excluding carboxylic acids is 15. The zero-order chi connectivity index (χ0) is 85.8. The van der Waals surface area contributed by atoms with E-state index in [4.69, 9.17) is 38.1 Å². The maximum absolute atomic E-state index is 12.5. The van der Waals surface area contributed by atoms with Crippen LogP contribution in [-0.4, -0.2) is 142 Å². The predicted molar refractivity (Wildman–Crippen MR) is 448 cm³/mol. The molecule has 9 aromatic rings. The molecule has 117 heavy (non-hydrogen) atoms. The number of primary amides is 5. The molecule has 9 rings (SSSR count). The van der Waals surface area contributed by atoms with Crippen molar-refractivity contribution in [1.82, 2.24) is 36.6 Å². The van der Waals surface area contributed by atoms with E-state index in [-0.39, 0.29) is 120 Å². The van der Waals surface area contributed by atoms with Crippen LogP contribution in [0.2, 0.25) is 0 Å². The van der Waals surface area contributed by atoms with E-state index in [2.05, 4.69) is 36.6 Å². The third-order valence-electron chi connectivity index (χ3n) is 14.9. The molecule has 0 radical (unpaired) electrons. The Morgan fingerprint density at radius 3 is 0.983 bits per heavy atom. The first-order valence-corrected chi connectivity index (χ1v) is 39.4. The molecule has 0 bridgehead atoms. The first kappa shape index (κ1) is 94.8. The lowest BCUT2D eigenvalue weighted by Gasteiger charge is -2.15. The van der Waals surface area contributed by atoms with Crippen LogP contribution in [-0.2, 0) is 28.8 Å². The van der Waals surface area contributed by atoms with Crippen molar-refractivity contribution in [2.45, 2.75) is 77.4 Å². The summed E-state index contributed by atoms with van der Waals surface area (Å²) in [6.45, 7) is 6.39. The molecular formula is C83H86N12O17S5. The number of ether oxygens (including phenoxy) is 2. The second kappa shape index (κ2) is 50.5. The molecule has 0 saturated carbocycles. The van der Waals surface area contributed by atoms with Crippen molar-refractivity contribution >= 4 is 143 Å². The maximum Gasteiger partial charge on any atom is 0.252 e. The zero-order valence-electron chi connectivity index (χ0n) is 64.1. The normalized spacial score (nSPS) is 10.3. The quantitative estimate of drug-likeness (QED) is 0.0181. The monoisotopic (exact) mass is 1680 g/mol. The summed E-state index contributed by atoms with van der Waals surface area (Å²) >= 11 is 5.04.